The molecule has 0 bridgehead atoms. The molecule has 3 N–H and O–H groups in total. The zero-order valence-electron chi connectivity index (χ0n) is 13.7. The van der Waals surface area contributed by atoms with Crippen molar-refractivity contribution in [3.05, 3.63) is 42.6 Å². The lowest BCUT2D eigenvalue weighted by Gasteiger charge is -2.14. The molecule has 0 fully saturated rings. The van der Waals surface area contributed by atoms with Gasteiger partial charge in [-0.05, 0) is 18.6 Å². The molecule has 9 heteroatoms. The number of hydrogen-bond donors (Lipinski definition) is 2. The molecule has 9 nitrogen and oxygen atoms in total. The number of hydrogen-bond acceptors (Lipinski definition) is 6. The largest absolute Gasteiger partial charge is 0.493 e. The maximum atomic E-state index is 11.5. The lowest BCUT2D eigenvalue weighted by molar-refractivity contribution is 0.0996. The van der Waals surface area contributed by atoms with Crippen LogP contribution in [-0.4, -0.2) is 44.6 Å². The standard InChI is InChI=1S/C16H18N6O3/c1-24-12-5-2-4-11(13-14(16(17)23)20-21-19-13)15(12)25-9-3-7-22-8-6-18-10-22/h2,4-6,8,10H,3,7,9H2,1H3,(H2,17,23)(H,19,20,21). The van der Waals surface area contributed by atoms with Gasteiger partial charge in [-0.1, -0.05) is 6.07 Å². The molecule has 1 aromatic carbocycles. The van der Waals surface area contributed by atoms with Crippen molar-refractivity contribution in [2.24, 2.45) is 5.73 Å². The van der Waals surface area contributed by atoms with E-state index in [-0.39, 0.29) is 5.69 Å². The molecule has 1 amide bonds. The first-order chi connectivity index (χ1) is 12.2. The van der Waals surface area contributed by atoms with Crippen molar-refractivity contribution >= 4 is 5.91 Å². The summed E-state index contributed by atoms with van der Waals surface area (Å²) in [5.74, 6) is 0.364. The quantitative estimate of drug-likeness (QED) is 0.594. The minimum atomic E-state index is -0.669. The van der Waals surface area contributed by atoms with Crippen LogP contribution in [0.1, 0.15) is 16.9 Å². The highest BCUT2D eigenvalue weighted by atomic mass is 16.5. The van der Waals surface area contributed by atoms with Gasteiger partial charge in [0, 0.05) is 18.9 Å². The van der Waals surface area contributed by atoms with E-state index in [1.54, 1.807) is 37.8 Å². The van der Waals surface area contributed by atoms with Crippen LogP contribution in [0, 0.1) is 0 Å². The summed E-state index contributed by atoms with van der Waals surface area (Å²) < 4.78 is 13.3. The highest BCUT2D eigenvalue weighted by molar-refractivity contribution is 5.97. The van der Waals surface area contributed by atoms with Gasteiger partial charge in [0.05, 0.1) is 25.6 Å². The Hall–Kier alpha value is -3.36. The van der Waals surface area contributed by atoms with Crippen LogP contribution in [0.25, 0.3) is 11.3 Å². The van der Waals surface area contributed by atoms with Crippen LogP contribution >= 0.6 is 0 Å². The van der Waals surface area contributed by atoms with E-state index in [0.717, 1.165) is 13.0 Å². The van der Waals surface area contributed by atoms with Gasteiger partial charge >= 0.3 is 0 Å². The molecule has 0 radical (unpaired) electrons. The van der Waals surface area contributed by atoms with Crippen molar-refractivity contribution in [3.8, 4) is 22.8 Å². The number of nitrogens with zero attached hydrogens (tertiary/aromatic N) is 4. The smallest absolute Gasteiger partial charge is 0.271 e. The number of ether oxygens (including phenoxy) is 2. The molecule has 3 aromatic rings. The summed E-state index contributed by atoms with van der Waals surface area (Å²) in [6.07, 6.45) is 6.15. The molecule has 0 unspecified atom stereocenters. The van der Waals surface area contributed by atoms with Crippen LogP contribution in [-0.2, 0) is 6.54 Å². The molecule has 0 atom stereocenters. The van der Waals surface area contributed by atoms with Crippen LogP contribution in [0.2, 0.25) is 0 Å². The molecule has 130 valence electrons. The molecule has 3 rings (SSSR count). The van der Waals surface area contributed by atoms with E-state index < -0.39 is 5.91 Å². The van der Waals surface area contributed by atoms with Gasteiger partial charge in [0.1, 0.15) is 5.69 Å². The highest BCUT2D eigenvalue weighted by Gasteiger charge is 2.21. The summed E-state index contributed by atoms with van der Waals surface area (Å²) in [5, 5.41) is 10.3. The molecular weight excluding hydrogens is 324 g/mol. The number of aromatic amines is 1. The Balaban J connectivity index is 1.81. The van der Waals surface area contributed by atoms with Gasteiger partial charge in [-0.25, -0.2) is 4.98 Å². The Morgan fingerprint density at radius 2 is 2.24 bits per heavy atom. The molecule has 0 aliphatic heterocycles. The number of aryl methyl sites for hydroxylation is 1. The van der Waals surface area contributed by atoms with E-state index in [0.29, 0.717) is 29.4 Å². The van der Waals surface area contributed by atoms with Crippen LogP contribution in [0.4, 0.5) is 0 Å². The van der Waals surface area contributed by atoms with E-state index in [4.69, 9.17) is 15.2 Å². The summed E-state index contributed by atoms with van der Waals surface area (Å²) in [4.78, 5) is 15.5. The molecule has 0 aliphatic carbocycles. The summed E-state index contributed by atoms with van der Waals surface area (Å²) >= 11 is 0. The third kappa shape index (κ3) is 3.60. The predicted octanol–water partition coefficient (Wildman–Crippen LogP) is 1.24. The number of aromatic nitrogens is 5. The number of nitrogens with two attached hydrogens (primary N) is 1. The highest BCUT2D eigenvalue weighted by Crippen LogP contribution is 2.38. The molecule has 0 saturated heterocycles. The third-order valence-electron chi connectivity index (χ3n) is 3.60. The summed E-state index contributed by atoms with van der Waals surface area (Å²) in [6.45, 7) is 1.23. The second kappa shape index (κ2) is 7.47. The van der Waals surface area contributed by atoms with E-state index in [9.17, 15) is 4.79 Å². The third-order valence-corrected chi connectivity index (χ3v) is 3.60. The summed E-state index contributed by atoms with van der Waals surface area (Å²) in [7, 11) is 1.55. The number of carbonyl (C=O) groups is 1. The maximum Gasteiger partial charge on any atom is 0.271 e. The van der Waals surface area contributed by atoms with Gasteiger partial charge in [0.2, 0.25) is 0 Å². The Labute approximate surface area is 143 Å². The van der Waals surface area contributed by atoms with E-state index in [1.807, 2.05) is 10.8 Å². The van der Waals surface area contributed by atoms with E-state index in [2.05, 4.69) is 20.4 Å². The van der Waals surface area contributed by atoms with Gasteiger partial charge in [0.25, 0.3) is 5.91 Å². The zero-order chi connectivity index (χ0) is 17.6. The van der Waals surface area contributed by atoms with Gasteiger partial charge in [0.15, 0.2) is 17.2 Å². The Kier molecular flexibility index (Phi) is 4.93. The van der Waals surface area contributed by atoms with Crippen LogP contribution < -0.4 is 15.2 Å². The molecule has 2 heterocycles. The van der Waals surface area contributed by atoms with Gasteiger partial charge in [-0.2, -0.15) is 15.4 Å². The minimum Gasteiger partial charge on any atom is -0.493 e. The molecule has 0 aliphatic rings. The first-order valence-corrected chi connectivity index (χ1v) is 7.67. The lowest BCUT2D eigenvalue weighted by Crippen LogP contribution is -2.13. The molecule has 25 heavy (non-hydrogen) atoms. The minimum absolute atomic E-state index is 0.0523. The van der Waals surface area contributed by atoms with Crippen LogP contribution in [0.5, 0.6) is 11.5 Å². The Morgan fingerprint density at radius 3 is 2.96 bits per heavy atom. The molecule has 0 spiro atoms. The summed E-state index contributed by atoms with van der Waals surface area (Å²) in [6, 6.07) is 5.34. The van der Waals surface area contributed by atoms with Crippen LogP contribution in [0.3, 0.4) is 0 Å². The number of H-pyrrole nitrogens is 1. The van der Waals surface area contributed by atoms with E-state index in [1.165, 1.54) is 0 Å². The average Bonchev–Trinajstić information content (AvgIpc) is 3.30. The predicted molar refractivity (Wildman–Crippen MR) is 89.2 cm³/mol. The number of imidazole rings is 1. The fourth-order valence-corrected chi connectivity index (χ4v) is 2.44. The number of para-hydroxylation sites is 1. The lowest BCUT2D eigenvalue weighted by atomic mass is 10.1. The summed E-state index contributed by atoms with van der Waals surface area (Å²) in [5.41, 5.74) is 6.32. The van der Waals surface area contributed by atoms with Crippen molar-refractivity contribution in [2.75, 3.05) is 13.7 Å². The van der Waals surface area contributed by atoms with Crippen molar-refractivity contribution in [3.63, 3.8) is 0 Å². The van der Waals surface area contributed by atoms with Gasteiger partial charge in [-0.3, -0.25) is 4.79 Å². The number of methoxy groups -OCH3 is 1. The number of amides is 1. The zero-order valence-corrected chi connectivity index (χ0v) is 13.7. The SMILES string of the molecule is COc1cccc(-c2n[nH]nc2C(N)=O)c1OCCCn1ccnc1. The van der Waals surface area contributed by atoms with Crippen LogP contribution in [0.15, 0.2) is 36.9 Å². The van der Waals surface area contributed by atoms with Crippen molar-refractivity contribution in [1.82, 2.24) is 25.0 Å². The number of rotatable bonds is 8. The number of benzene rings is 1. The Bertz CT molecular complexity index is 843. The number of carbonyl (C=O) groups excluding carboxylic acids is 1. The maximum absolute atomic E-state index is 11.5. The topological polar surface area (TPSA) is 121 Å². The molecule has 2 aromatic heterocycles. The van der Waals surface area contributed by atoms with Crippen molar-refractivity contribution in [1.29, 1.82) is 0 Å². The molecule has 0 saturated carbocycles. The van der Waals surface area contributed by atoms with Gasteiger partial charge in [-0.15, -0.1) is 0 Å². The number of nitrogens with one attached hydrogen (secondary N) is 1. The normalized spacial score (nSPS) is 10.6. The fourth-order valence-electron chi connectivity index (χ4n) is 2.44. The first-order valence-electron chi connectivity index (χ1n) is 7.67. The fraction of sp³-hybridized carbons (Fsp3) is 0.250. The first kappa shape index (κ1) is 16.5. The molecular formula is C16H18N6O3. The average molecular weight is 342 g/mol. The van der Waals surface area contributed by atoms with E-state index >= 15 is 0 Å². The monoisotopic (exact) mass is 342 g/mol. The van der Waals surface area contributed by atoms with Crippen molar-refractivity contribution < 1.29 is 14.3 Å². The Morgan fingerprint density at radius 1 is 1.36 bits per heavy atom. The second-order valence-corrected chi connectivity index (χ2v) is 5.22. The van der Waals surface area contributed by atoms with Crippen molar-refractivity contribution in [2.45, 2.75) is 13.0 Å². The number of primary amides is 1. The van der Waals surface area contributed by atoms with Gasteiger partial charge < -0.3 is 19.8 Å². The second-order valence-electron chi connectivity index (χ2n) is 5.22.